The average molecular weight is 429 g/mol. The maximum absolute atomic E-state index is 12.9. The fourth-order valence-corrected chi connectivity index (χ4v) is 3.02. The van der Waals surface area contributed by atoms with Crippen molar-refractivity contribution in [3.05, 3.63) is 90.0 Å². The number of halogens is 3. The zero-order valence-corrected chi connectivity index (χ0v) is 16.9. The molecule has 3 aromatic rings. The van der Waals surface area contributed by atoms with Gasteiger partial charge in [0.05, 0.1) is 30.3 Å². The van der Waals surface area contributed by atoms with Crippen LogP contribution in [0.2, 0.25) is 0 Å². The Morgan fingerprint density at radius 1 is 0.935 bits per heavy atom. The van der Waals surface area contributed by atoms with Crippen molar-refractivity contribution in [3.8, 4) is 11.5 Å². The Morgan fingerprint density at radius 2 is 1.58 bits per heavy atom. The van der Waals surface area contributed by atoms with Crippen LogP contribution < -0.4 is 10.1 Å². The molecule has 0 aromatic heterocycles. The van der Waals surface area contributed by atoms with E-state index in [1.807, 2.05) is 36.4 Å². The largest absolute Gasteiger partial charge is 0.466 e. The molecule has 3 rings (SSSR count). The maximum Gasteiger partial charge on any atom is 0.416 e. The van der Waals surface area contributed by atoms with E-state index >= 15 is 0 Å². The van der Waals surface area contributed by atoms with Crippen molar-refractivity contribution in [3.63, 3.8) is 0 Å². The van der Waals surface area contributed by atoms with Gasteiger partial charge in [0.25, 0.3) is 0 Å². The lowest BCUT2D eigenvalue weighted by atomic mass is 10.0. The minimum atomic E-state index is -4.43. The van der Waals surface area contributed by atoms with Crippen molar-refractivity contribution in [2.45, 2.75) is 25.6 Å². The topological polar surface area (TPSA) is 47.6 Å². The van der Waals surface area contributed by atoms with Gasteiger partial charge < -0.3 is 14.8 Å². The third-order valence-electron chi connectivity index (χ3n) is 4.50. The number of nitrogens with one attached hydrogen (secondary N) is 1. The number of carbonyl (C=O) groups is 1. The van der Waals surface area contributed by atoms with Crippen molar-refractivity contribution in [2.24, 2.45) is 0 Å². The molecule has 7 heteroatoms. The number of rotatable bonds is 8. The predicted octanol–water partition coefficient (Wildman–Crippen LogP) is 6.60. The van der Waals surface area contributed by atoms with Crippen LogP contribution in [-0.2, 0) is 15.7 Å². The lowest BCUT2D eigenvalue weighted by Crippen LogP contribution is -2.18. The van der Waals surface area contributed by atoms with E-state index in [0.29, 0.717) is 22.7 Å². The molecule has 1 atom stereocenters. The SMILES string of the molecule is CCOC(=O)C[C@H](Nc1ccccc1Oc1ccccc1)c1ccc(C(F)(F)F)cc1. The monoisotopic (exact) mass is 429 g/mol. The minimum absolute atomic E-state index is 0.0567. The first kappa shape index (κ1) is 22.2. The number of para-hydroxylation sites is 3. The van der Waals surface area contributed by atoms with Gasteiger partial charge in [0, 0.05) is 0 Å². The summed E-state index contributed by atoms with van der Waals surface area (Å²) in [4.78, 5) is 12.1. The lowest BCUT2D eigenvalue weighted by molar-refractivity contribution is -0.143. The molecule has 0 heterocycles. The molecule has 4 nitrogen and oxygen atoms in total. The Labute approximate surface area is 178 Å². The quantitative estimate of drug-likeness (QED) is 0.410. The van der Waals surface area contributed by atoms with Crippen molar-refractivity contribution < 1.29 is 27.4 Å². The number of carbonyl (C=O) groups excluding carboxylic acids is 1. The van der Waals surface area contributed by atoms with Crippen LogP contribution in [0.3, 0.4) is 0 Å². The summed E-state index contributed by atoms with van der Waals surface area (Å²) in [5, 5.41) is 3.22. The Balaban J connectivity index is 1.88. The summed E-state index contributed by atoms with van der Waals surface area (Å²) in [5.74, 6) is 0.698. The van der Waals surface area contributed by atoms with E-state index in [9.17, 15) is 18.0 Å². The second kappa shape index (κ2) is 10.0. The molecule has 0 spiro atoms. The molecule has 0 fully saturated rings. The van der Waals surface area contributed by atoms with E-state index in [1.54, 1.807) is 25.1 Å². The molecule has 0 amide bonds. The molecule has 0 unspecified atom stereocenters. The van der Waals surface area contributed by atoms with Crippen molar-refractivity contribution in [2.75, 3.05) is 11.9 Å². The Hall–Kier alpha value is -3.48. The summed E-state index contributed by atoms with van der Waals surface area (Å²) < 4.78 is 49.8. The first-order chi connectivity index (χ1) is 14.9. The maximum atomic E-state index is 12.9. The Kier molecular flexibility index (Phi) is 7.18. The van der Waals surface area contributed by atoms with E-state index < -0.39 is 23.8 Å². The predicted molar refractivity (Wildman–Crippen MR) is 112 cm³/mol. The van der Waals surface area contributed by atoms with Crippen LogP contribution in [0.25, 0.3) is 0 Å². The number of hydrogen-bond acceptors (Lipinski definition) is 4. The fraction of sp³-hybridized carbons (Fsp3) is 0.208. The summed E-state index contributed by atoms with van der Waals surface area (Å²) in [6.45, 7) is 1.91. The van der Waals surface area contributed by atoms with Crippen LogP contribution in [0.15, 0.2) is 78.9 Å². The zero-order chi connectivity index (χ0) is 22.3. The third kappa shape index (κ3) is 6.25. The second-order valence-electron chi connectivity index (χ2n) is 6.74. The van der Waals surface area contributed by atoms with Gasteiger partial charge >= 0.3 is 12.1 Å². The van der Waals surface area contributed by atoms with E-state index in [2.05, 4.69) is 5.32 Å². The summed E-state index contributed by atoms with van der Waals surface area (Å²) >= 11 is 0. The van der Waals surface area contributed by atoms with Crippen LogP contribution in [-0.4, -0.2) is 12.6 Å². The highest BCUT2D eigenvalue weighted by Gasteiger charge is 2.30. The number of anilines is 1. The number of hydrogen-bond donors (Lipinski definition) is 1. The second-order valence-corrected chi connectivity index (χ2v) is 6.74. The first-order valence-electron chi connectivity index (χ1n) is 9.78. The molecule has 0 aliphatic rings. The summed E-state index contributed by atoms with van der Waals surface area (Å²) in [6, 6.07) is 20.4. The van der Waals surface area contributed by atoms with E-state index in [0.717, 1.165) is 12.1 Å². The first-order valence-corrected chi connectivity index (χ1v) is 9.78. The average Bonchev–Trinajstić information content (AvgIpc) is 2.75. The molecule has 1 N–H and O–H groups in total. The third-order valence-corrected chi connectivity index (χ3v) is 4.50. The summed E-state index contributed by atoms with van der Waals surface area (Å²) in [7, 11) is 0. The Morgan fingerprint density at radius 3 is 2.23 bits per heavy atom. The standard InChI is InChI=1S/C24H22F3NO3/c1-2-30-23(29)16-21(17-12-14-18(15-13-17)24(25,26)27)28-20-10-6-7-11-22(20)31-19-8-4-3-5-9-19/h3-15,21,28H,2,16H2,1H3/t21-/m0/s1. The molecule has 31 heavy (non-hydrogen) atoms. The van der Waals surface area contributed by atoms with Crippen LogP contribution in [0.4, 0.5) is 18.9 Å². The summed E-state index contributed by atoms with van der Waals surface area (Å²) in [6.07, 6.45) is -4.49. The molecule has 0 aliphatic carbocycles. The molecular weight excluding hydrogens is 407 g/mol. The molecule has 0 saturated carbocycles. The molecule has 162 valence electrons. The van der Waals surface area contributed by atoms with Crippen molar-refractivity contribution in [1.29, 1.82) is 0 Å². The highest BCUT2D eigenvalue weighted by atomic mass is 19.4. The van der Waals surface area contributed by atoms with Crippen LogP contribution in [0.1, 0.15) is 30.5 Å². The number of alkyl halides is 3. The van der Waals surface area contributed by atoms with Gasteiger partial charge in [-0.3, -0.25) is 4.79 Å². The van der Waals surface area contributed by atoms with Gasteiger partial charge in [0.1, 0.15) is 5.75 Å². The highest BCUT2D eigenvalue weighted by molar-refractivity contribution is 5.72. The minimum Gasteiger partial charge on any atom is -0.466 e. The number of esters is 1. The van der Waals surface area contributed by atoms with E-state index in [4.69, 9.17) is 9.47 Å². The number of benzene rings is 3. The van der Waals surface area contributed by atoms with E-state index in [-0.39, 0.29) is 13.0 Å². The summed E-state index contributed by atoms with van der Waals surface area (Å²) in [5.41, 5.74) is 0.370. The molecular formula is C24H22F3NO3. The van der Waals surface area contributed by atoms with Crippen molar-refractivity contribution in [1.82, 2.24) is 0 Å². The fourth-order valence-electron chi connectivity index (χ4n) is 3.02. The van der Waals surface area contributed by atoms with Crippen LogP contribution >= 0.6 is 0 Å². The van der Waals surface area contributed by atoms with Gasteiger partial charge in [-0.15, -0.1) is 0 Å². The smallest absolute Gasteiger partial charge is 0.416 e. The zero-order valence-electron chi connectivity index (χ0n) is 16.9. The van der Waals surface area contributed by atoms with E-state index in [1.165, 1.54) is 12.1 Å². The lowest BCUT2D eigenvalue weighted by Gasteiger charge is -2.22. The Bertz CT molecular complexity index is 989. The molecule has 0 saturated heterocycles. The van der Waals surface area contributed by atoms with Gasteiger partial charge in [-0.25, -0.2) is 0 Å². The van der Waals surface area contributed by atoms with Crippen LogP contribution in [0, 0.1) is 0 Å². The van der Waals surface area contributed by atoms with Gasteiger partial charge in [0.2, 0.25) is 0 Å². The van der Waals surface area contributed by atoms with Crippen molar-refractivity contribution >= 4 is 11.7 Å². The molecule has 0 aliphatic heterocycles. The molecule has 3 aromatic carbocycles. The number of ether oxygens (including phenoxy) is 2. The molecule has 0 bridgehead atoms. The van der Waals surface area contributed by atoms with Gasteiger partial charge in [-0.1, -0.05) is 42.5 Å². The van der Waals surface area contributed by atoms with Gasteiger partial charge in [0.15, 0.2) is 5.75 Å². The molecule has 0 radical (unpaired) electrons. The highest BCUT2D eigenvalue weighted by Crippen LogP contribution is 2.34. The normalized spacial score (nSPS) is 12.1. The van der Waals surface area contributed by atoms with Gasteiger partial charge in [-0.2, -0.15) is 13.2 Å². The van der Waals surface area contributed by atoms with Crippen LogP contribution in [0.5, 0.6) is 11.5 Å². The van der Waals surface area contributed by atoms with Gasteiger partial charge in [-0.05, 0) is 48.9 Å².